The minimum absolute atomic E-state index is 0.193. The molecular formula is C19H13BrClNO3S. The average molecular weight is 451 g/mol. The van der Waals surface area contributed by atoms with Crippen LogP contribution in [0.1, 0.15) is 21.5 Å². The molecule has 7 heteroatoms. The van der Waals surface area contributed by atoms with Crippen LogP contribution in [0.4, 0.5) is 0 Å². The zero-order valence-electron chi connectivity index (χ0n) is 13.4. The maximum Gasteiger partial charge on any atom is 0.193 e. The number of carbonyl (C=O) groups is 1. The van der Waals surface area contributed by atoms with Crippen molar-refractivity contribution < 1.29 is 13.2 Å². The molecule has 4 nitrogen and oxygen atoms in total. The number of hydrogen-bond acceptors (Lipinski definition) is 4. The summed E-state index contributed by atoms with van der Waals surface area (Å²) in [6.07, 6.45) is 3.02. The van der Waals surface area contributed by atoms with E-state index in [1.807, 2.05) is 0 Å². The predicted octanol–water partition coefficient (Wildman–Crippen LogP) is 4.70. The van der Waals surface area contributed by atoms with Crippen LogP contribution in [-0.2, 0) is 15.6 Å². The van der Waals surface area contributed by atoms with Gasteiger partial charge in [-0.15, -0.1) is 0 Å². The molecule has 0 radical (unpaired) electrons. The molecule has 3 aromatic rings. The zero-order valence-corrected chi connectivity index (χ0v) is 16.6. The minimum Gasteiger partial charge on any atom is -0.289 e. The number of benzene rings is 2. The molecule has 0 atom stereocenters. The SMILES string of the molecule is O=C(c1ccncc1)c1cc(Cl)ccc1CS(=O)(=O)c1ccc(Br)cc1. The van der Waals surface area contributed by atoms with Gasteiger partial charge in [-0.1, -0.05) is 33.6 Å². The number of hydrogen-bond donors (Lipinski definition) is 0. The van der Waals surface area contributed by atoms with Gasteiger partial charge in [-0.3, -0.25) is 9.78 Å². The maximum atomic E-state index is 12.8. The molecule has 0 amide bonds. The Balaban J connectivity index is 2.01. The number of halogens is 2. The number of carbonyl (C=O) groups excluding carboxylic acids is 1. The second kappa shape index (κ2) is 7.70. The van der Waals surface area contributed by atoms with Crippen molar-refractivity contribution >= 4 is 43.2 Å². The normalized spacial score (nSPS) is 11.3. The zero-order chi connectivity index (χ0) is 18.7. The second-order valence-corrected chi connectivity index (χ2v) is 8.92. The first-order chi connectivity index (χ1) is 12.4. The predicted molar refractivity (Wildman–Crippen MR) is 104 cm³/mol. The Morgan fingerprint density at radius 2 is 1.65 bits per heavy atom. The van der Waals surface area contributed by atoms with Crippen LogP contribution < -0.4 is 0 Å². The quantitative estimate of drug-likeness (QED) is 0.528. The lowest BCUT2D eigenvalue weighted by Crippen LogP contribution is -2.11. The molecule has 1 aromatic heterocycles. The standard InChI is InChI=1S/C19H13BrClNO3S/c20-15-2-5-17(6-3-15)26(24,25)12-14-1-4-16(21)11-18(14)19(23)13-7-9-22-10-8-13/h1-11H,12H2. The lowest BCUT2D eigenvalue weighted by atomic mass is 10.00. The summed E-state index contributed by atoms with van der Waals surface area (Å²) in [5.41, 5.74) is 1.09. The van der Waals surface area contributed by atoms with Crippen LogP contribution in [0.2, 0.25) is 5.02 Å². The van der Waals surface area contributed by atoms with Gasteiger partial charge in [-0.25, -0.2) is 8.42 Å². The van der Waals surface area contributed by atoms with Crippen molar-refractivity contribution in [1.82, 2.24) is 4.98 Å². The molecule has 0 spiro atoms. The number of sulfone groups is 1. The van der Waals surface area contributed by atoms with Crippen LogP contribution in [0, 0.1) is 0 Å². The van der Waals surface area contributed by atoms with E-state index in [0.29, 0.717) is 16.1 Å². The van der Waals surface area contributed by atoms with Crippen molar-refractivity contribution in [3.05, 3.63) is 93.2 Å². The van der Waals surface area contributed by atoms with Crippen LogP contribution in [0.3, 0.4) is 0 Å². The van der Waals surface area contributed by atoms with Crippen LogP contribution >= 0.6 is 27.5 Å². The van der Waals surface area contributed by atoms with Gasteiger partial charge in [0.15, 0.2) is 15.6 Å². The van der Waals surface area contributed by atoms with E-state index in [1.165, 1.54) is 30.6 Å². The van der Waals surface area contributed by atoms with E-state index in [9.17, 15) is 13.2 Å². The number of ketones is 1. The molecule has 132 valence electrons. The van der Waals surface area contributed by atoms with Crippen LogP contribution in [0.25, 0.3) is 0 Å². The summed E-state index contributed by atoms with van der Waals surface area (Å²) >= 11 is 9.32. The summed E-state index contributed by atoms with van der Waals surface area (Å²) in [5.74, 6) is -0.589. The molecule has 0 aliphatic rings. The summed E-state index contributed by atoms with van der Waals surface area (Å²) in [7, 11) is -3.61. The first-order valence-electron chi connectivity index (χ1n) is 7.58. The van der Waals surface area contributed by atoms with E-state index >= 15 is 0 Å². The third-order valence-electron chi connectivity index (χ3n) is 3.78. The van der Waals surface area contributed by atoms with Crippen LogP contribution in [-0.4, -0.2) is 19.2 Å². The molecule has 0 saturated carbocycles. The molecule has 0 saturated heterocycles. The van der Waals surface area contributed by atoms with Gasteiger partial charge in [0.2, 0.25) is 0 Å². The van der Waals surface area contributed by atoms with E-state index in [2.05, 4.69) is 20.9 Å². The van der Waals surface area contributed by atoms with E-state index in [4.69, 9.17) is 11.6 Å². The summed E-state index contributed by atoms with van der Waals surface area (Å²) < 4.78 is 26.3. The largest absolute Gasteiger partial charge is 0.289 e. The van der Waals surface area contributed by atoms with Gasteiger partial charge in [-0.2, -0.15) is 0 Å². The summed E-state index contributed by atoms with van der Waals surface area (Å²) in [6, 6.07) is 14.2. The van der Waals surface area contributed by atoms with Crippen molar-refractivity contribution in [2.45, 2.75) is 10.6 Å². The lowest BCUT2D eigenvalue weighted by Gasteiger charge is -2.11. The molecule has 0 N–H and O–H groups in total. The molecule has 1 heterocycles. The van der Waals surface area contributed by atoms with Gasteiger partial charge < -0.3 is 0 Å². The molecule has 0 bridgehead atoms. The summed E-state index contributed by atoms with van der Waals surface area (Å²) in [4.78, 5) is 16.9. The topological polar surface area (TPSA) is 64.1 Å². The highest BCUT2D eigenvalue weighted by Crippen LogP contribution is 2.25. The van der Waals surface area contributed by atoms with Crippen molar-refractivity contribution in [3.8, 4) is 0 Å². The molecular weight excluding hydrogens is 438 g/mol. The third-order valence-corrected chi connectivity index (χ3v) is 6.22. The summed E-state index contributed by atoms with van der Waals surface area (Å²) in [5, 5.41) is 0.368. The fourth-order valence-electron chi connectivity index (χ4n) is 2.47. The van der Waals surface area contributed by atoms with Crippen molar-refractivity contribution in [1.29, 1.82) is 0 Å². The first kappa shape index (κ1) is 18.8. The van der Waals surface area contributed by atoms with Gasteiger partial charge in [-0.05, 0) is 54.1 Å². The molecule has 0 aliphatic carbocycles. The number of rotatable bonds is 5. The van der Waals surface area contributed by atoms with E-state index in [-0.39, 0.29) is 22.0 Å². The van der Waals surface area contributed by atoms with Crippen molar-refractivity contribution in [3.63, 3.8) is 0 Å². The Labute approximate surface area is 164 Å². The Hall–Kier alpha value is -2.02. The Morgan fingerprint density at radius 1 is 1.00 bits per heavy atom. The lowest BCUT2D eigenvalue weighted by molar-refractivity contribution is 0.103. The van der Waals surface area contributed by atoms with Crippen molar-refractivity contribution in [2.24, 2.45) is 0 Å². The monoisotopic (exact) mass is 449 g/mol. The molecule has 3 rings (SSSR count). The van der Waals surface area contributed by atoms with E-state index in [1.54, 1.807) is 36.4 Å². The van der Waals surface area contributed by atoms with Crippen LogP contribution in [0.5, 0.6) is 0 Å². The molecule has 26 heavy (non-hydrogen) atoms. The molecule has 0 fully saturated rings. The van der Waals surface area contributed by atoms with Crippen molar-refractivity contribution in [2.75, 3.05) is 0 Å². The number of nitrogens with zero attached hydrogens (tertiary/aromatic N) is 1. The van der Waals surface area contributed by atoms with Gasteiger partial charge in [0.25, 0.3) is 0 Å². The second-order valence-electron chi connectivity index (χ2n) is 5.58. The Morgan fingerprint density at radius 3 is 2.31 bits per heavy atom. The highest BCUT2D eigenvalue weighted by Gasteiger charge is 2.21. The van der Waals surface area contributed by atoms with Gasteiger partial charge >= 0.3 is 0 Å². The number of aromatic nitrogens is 1. The minimum atomic E-state index is -3.61. The van der Waals surface area contributed by atoms with E-state index in [0.717, 1.165) is 4.47 Å². The van der Waals surface area contributed by atoms with Gasteiger partial charge in [0, 0.05) is 33.0 Å². The Kier molecular flexibility index (Phi) is 5.55. The highest BCUT2D eigenvalue weighted by molar-refractivity contribution is 9.10. The highest BCUT2D eigenvalue weighted by atomic mass is 79.9. The van der Waals surface area contributed by atoms with Gasteiger partial charge in [0.05, 0.1) is 10.6 Å². The van der Waals surface area contributed by atoms with E-state index < -0.39 is 9.84 Å². The fourth-order valence-corrected chi connectivity index (χ4v) is 4.29. The Bertz CT molecular complexity index is 1050. The fraction of sp³-hybridized carbons (Fsp3) is 0.0526. The molecule has 2 aromatic carbocycles. The summed E-state index contributed by atoms with van der Waals surface area (Å²) in [6.45, 7) is 0. The smallest absolute Gasteiger partial charge is 0.193 e. The third kappa shape index (κ3) is 4.20. The first-order valence-corrected chi connectivity index (χ1v) is 10.4. The average Bonchev–Trinajstić information content (AvgIpc) is 2.63. The number of pyridine rings is 1. The molecule has 0 aliphatic heterocycles. The molecule has 0 unspecified atom stereocenters. The maximum absolute atomic E-state index is 12.8. The van der Waals surface area contributed by atoms with Crippen LogP contribution in [0.15, 0.2) is 76.4 Å². The van der Waals surface area contributed by atoms with Gasteiger partial charge in [0.1, 0.15) is 0 Å².